The molecule has 7 nitrogen and oxygen atoms in total. The van der Waals surface area contributed by atoms with Crippen molar-refractivity contribution in [1.82, 2.24) is 25.7 Å². The van der Waals surface area contributed by atoms with Gasteiger partial charge >= 0.3 is 0 Å². The van der Waals surface area contributed by atoms with Crippen LogP contribution in [-0.4, -0.2) is 56.3 Å². The largest absolute Gasteiger partial charge is 0.507 e. The maximum Gasteiger partial charge on any atom is 0.154 e. The van der Waals surface area contributed by atoms with E-state index < -0.39 is 6.17 Å². The average molecular weight is 447 g/mol. The molecule has 0 saturated carbocycles. The van der Waals surface area contributed by atoms with Gasteiger partial charge in [-0.25, -0.2) is 4.39 Å². The van der Waals surface area contributed by atoms with Gasteiger partial charge in [-0.3, -0.25) is 0 Å². The van der Waals surface area contributed by atoms with Crippen molar-refractivity contribution in [1.29, 1.82) is 0 Å². The Hall–Kier alpha value is -3.13. The minimum absolute atomic E-state index is 0.0510. The summed E-state index contributed by atoms with van der Waals surface area (Å²) in [4.78, 5) is 2.16. The van der Waals surface area contributed by atoms with E-state index >= 15 is 4.39 Å². The van der Waals surface area contributed by atoms with Gasteiger partial charge in [0.1, 0.15) is 11.9 Å². The first-order valence-corrected chi connectivity index (χ1v) is 11.8. The molecule has 0 radical (unpaired) electrons. The minimum Gasteiger partial charge on any atom is -0.507 e. The molecule has 4 atom stereocenters. The third-order valence-electron chi connectivity index (χ3n) is 7.31. The van der Waals surface area contributed by atoms with Crippen molar-refractivity contribution >= 4 is 5.82 Å². The third kappa shape index (κ3) is 3.72. The van der Waals surface area contributed by atoms with Gasteiger partial charge < -0.3 is 15.3 Å². The van der Waals surface area contributed by atoms with E-state index in [0.29, 0.717) is 23.0 Å². The summed E-state index contributed by atoms with van der Waals surface area (Å²) in [6, 6.07) is 11.3. The molecular weight excluding hydrogens is 419 g/mol. The number of phenolic OH excluding ortho intramolecular Hbond substituents is 1. The van der Waals surface area contributed by atoms with Crippen LogP contribution in [0.2, 0.25) is 0 Å². The second kappa shape index (κ2) is 8.33. The summed E-state index contributed by atoms with van der Waals surface area (Å²) in [5, 5.41) is 31.2. The standard InChI is InChI=1S/C25H27FN6O/c26-24-20-6-1-5-17(28-20)14-22(24)32-11-3-4-16-12-21(30-31-25(16)32)18-9-8-15(13-23(18)33)19-7-2-10-27-29-19/h2,7-10,12-13,17,20,22,24,28,33H,1,3-6,11,14H2/t17?,20-,22+,24-/m1/s1. The lowest BCUT2D eigenvalue weighted by Crippen LogP contribution is -2.62. The number of hydrogen-bond acceptors (Lipinski definition) is 7. The summed E-state index contributed by atoms with van der Waals surface area (Å²) < 4.78 is 15.4. The summed E-state index contributed by atoms with van der Waals surface area (Å²) in [5.41, 5.74) is 3.79. The lowest BCUT2D eigenvalue weighted by atomic mass is 9.81. The Kier molecular flexibility index (Phi) is 5.17. The Morgan fingerprint density at radius 1 is 1.03 bits per heavy atom. The molecule has 170 valence electrons. The van der Waals surface area contributed by atoms with Crippen LogP contribution in [0.25, 0.3) is 22.5 Å². The van der Waals surface area contributed by atoms with Gasteiger partial charge in [0.05, 0.1) is 17.4 Å². The molecule has 2 fully saturated rings. The van der Waals surface area contributed by atoms with Crippen LogP contribution in [-0.2, 0) is 6.42 Å². The van der Waals surface area contributed by atoms with Crippen LogP contribution >= 0.6 is 0 Å². The van der Waals surface area contributed by atoms with Crippen molar-refractivity contribution in [2.75, 3.05) is 11.4 Å². The zero-order chi connectivity index (χ0) is 22.4. The number of rotatable bonds is 3. The number of hydrogen-bond donors (Lipinski definition) is 2. The average Bonchev–Trinajstić information content (AvgIpc) is 2.86. The Balaban J connectivity index is 1.30. The third-order valence-corrected chi connectivity index (χ3v) is 7.31. The molecule has 2 aromatic heterocycles. The molecular formula is C25H27FN6O. The van der Waals surface area contributed by atoms with Crippen LogP contribution in [0.15, 0.2) is 42.6 Å². The number of aromatic nitrogens is 4. The number of nitrogens with zero attached hydrogens (tertiary/aromatic N) is 5. The van der Waals surface area contributed by atoms with E-state index in [0.717, 1.165) is 62.0 Å². The van der Waals surface area contributed by atoms with Gasteiger partial charge in [0, 0.05) is 36.0 Å². The normalized spacial score (nSPS) is 26.6. The van der Waals surface area contributed by atoms with Gasteiger partial charge in [-0.05, 0) is 68.0 Å². The Bertz CT molecular complexity index is 1160. The summed E-state index contributed by atoms with van der Waals surface area (Å²) in [7, 11) is 0. The molecule has 2 bridgehead atoms. The van der Waals surface area contributed by atoms with Gasteiger partial charge in [0.25, 0.3) is 0 Å². The molecule has 2 N–H and O–H groups in total. The number of benzene rings is 1. The summed E-state index contributed by atoms with van der Waals surface area (Å²) in [6.45, 7) is 0.809. The molecule has 33 heavy (non-hydrogen) atoms. The fraction of sp³-hybridized carbons (Fsp3) is 0.440. The van der Waals surface area contributed by atoms with Crippen LogP contribution in [0.4, 0.5) is 10.2 Å². The highest BCUT2D eigenvalue weighted by Gasteiger charge is 2.43. The molecule has 1 unspecified atom stereocenters. The summed E-state index contributed by atoms with van der Waals surface area (Å²) in [5.74, 6) is 0.920. The Morgan fingerprint density at radius 3 is 2.82 bits per heavy atom. The first-order chi connectivity index (χ1) is 16.2. The second-order valence-electron chi connectivity index (χ2n) is 9.36. The first-order valence-electron chi connectivity index (χ1n) is 11.8. The Morgan fingerprint density at radius 2 is 1.97 bits per heavy atom. The van der Waals surface area contributed by atoms with E-state index in [1.165, 1.54) is 0 Å². The number of phenols is 1. The van der Waals surface area contributed by atoms with Crippen molar-refractivity contribution in [2.45, 2.75) is 62.8 Å². The number of fused-ring (bicyclic) bond motifs is 3. The fourth-order valence-corrected chi connectivity index (χ4v) is 5.69. The van der Waals surface area contributed by atoms with E-state index in [-0.39, 0.29) is 17.8 Å². The molecule has 1 aromatic carbocycles. The maximum atomic E-state index is 15.4. The smallest absolute Gasteiger partial charge is 0.154 e. The second-order valence-corrected chi connectivity index (χ2v) is 9.36. The highest BCUT2D eigenvalue weighted by atomic mass is 19.1. The number of halogens is 1. The number of alkyl halides is 1. The van der Waals surface area contributed by atoms with Gasteiger partial charge in [-0.1, -0.05) is 12.5 Å². The number of aryl methyl sites for hydroxylation is 1. The highest BCUT2D eigenvalue weighted by Crippen LogP contribution is 2.38. The van der Waals surface area contributed by atoms with Crippen molar-refractivity contribution in [3.8, 4) is 28.3 Å². The lowest BCUT2D eigenvalue weighted by molar-refractivity contribution is 0.104. The molecule has 8 heteroatoms. The van der Waals surface area contributed by atoms with Crippen LogP contribution in [0.1, 0.15) is 37.7 Å². The van der Waals surface area contributed by atoms with E-state index in [9.17, 15) is 5.11 Å². The number of nitrogens with one attached hydrogen (secondary N) is 1. The van der Waals surface area contributed by atoms with Crippen molar-refractivity contribution < 1.29 is 9.50 Å². The van der Waals surface area contributed by atoms with Crippen LogP contribution in [0, 0.1) is 0 Å². The van der Waals surface area contributed by atoms with Crippen molar-refractivity contribution in [3.63, 3.8) is 0 Å². The van der Waals surface area contributed by atoms with Gasteiger partial charge in [0.15, 0.2) is 5.82 Å². The quantitative estimate of drug-likeness (QED) is 0.635. The van der Waals surface area contributed by atoms with Gasteiger partial charge in [0.2, 0.25) is 0 Å². The molecule has 0 amide bonds. The first kappa shape index (κ1) is 20.5. The summed E-state index contributed by atoms with van der Waals surface area (Å²) in [6.07, 6.45) is 6.50. The number of anilines is 1. The maximum absolute atomic E-state index is 15.4. The van der Waals surface area contributed by atoms with Crippen LogP contribution in [0.5, 0.6) is 5.75 Å². The van der Waals surface area contributed by atoms with Crippen LogP contribution < -0.4 is 10.2 Å². The Labute approximate surface area is 192 Å². The molecule has 3 aliphatic rings. The van der Waals surface area contributed by atoms with E-state index in [1.807, 2.05) is 30.3 Å². The van der Waals surface area contributed by atoms with Gasteiger partial charge in [-0.2, -0.15) is 10.2 Å². The topological polar surface area (TPSA) is 87.1 Å². The van der Waals surface area contributed by atoms with Crippen molar-refractivity contribution in [3.05, 3.63) is 48.2 Å². The zero-order valence-electron chi connectivity index (χ0n) is 18.4. The SMILES string of the molecule is Oc1cc(-c2cccnn2)ccc1-c1cc2c(nn1)N([C@H]1CC3CCC[C@@H](N3)[C@H]1F)CCC2. The monoisotopic (exact) mass is 446 g/mol. The van der Waals surface area contributed by atoms with E-state index in [1.54, 1.807) is 12.3 Å². The molecule has 3 aliphatic heterocycles. The number of aromatic hydroxyl groups is 1. The van der Waals surface area contributed by atoms with Crippen LogP contribution in [0.3, 0.4) is 0 Å². The molecule has 6 rings (SSSR count). The zero-order valence-corrected chi connectivity index (χ0v) is 18.4. The minimum atomic E-state index is -0.897. The van der Waals surface area contributed by atoms with Crippen molar-refractivity contribution in [2.24, 2.45) is 0 Å². The predicted molar refractivity (Wildman–Crippen MR) is 124 cm³/mol. The van der Waals surface area contributed by atoms with Gasteiger partial charge in [-0.15, -0.1) is 10.2 Å². The molecule has 3 aromatic rings. The molecule has 5 heterocycles. The molecule has 2 saturated heterocycles. The number of piperidine rings is 2. The summed E-state index contributed by atoms with van der Waals surface area (Å²) >= 11 is 0. The lowest BCUT2D eigenvalue weighted by Gasteiger charge is -2.48. The van der Waals surface area contributed by atoms with E-state index in [2.05, 4.69) is 30.6 Å². The highest BCUT2D eigenvalue weighted by molar-refractivity contribution is 5.73. The molecule has 0 spiro atoms. The van der Waals surface area contributed by atoms with E-state index in [4.69, 9.17) is 0 Å². The fourth-order valence-electron chi connectivity index (χ4n) is 5.69. The molecule has 0 aliphatic carbocycles. The predicted octanol–water partition coefficient (Wildman–Crippen LogP) is 3.68.